The zero-order valence-electron chi connectivity index (χ0n) is 12.6. The first-order valence-electron chi connectivity index (χ1n) is 7.80. The van der Waals surface area contributed by atoms with Gasteiger partial charge in [0.15, 0.2) is 0 Å². The standard InChI is InChI=1S/C17H16N2O4/c1-9-2-7-12(13(8-9)19(22)23)18-16(20)14-10-3-4-11(6-5-10)15(14)17(18)21/h2-4,7-8,10-11,14-15H,5-6H2,1H3/t10-,11-,14-,15-/m0/s1. The minimum Gasteiger partial charge on any atom is -0.274 e. The third-order valence-corrected chi connectivity index (χ3v) is 5.33. The lowest BCUT2D eigenvalue weighted by Gasteiger charge is -2.38. The van der Waals surface area contributed by atoms with Gasteiger partial charge in [-0.2, -0.15) is 0 Å². The van der Waals surface area contributed by atoms with Crippen LogP contribution in [-0.4, -0.2) is 16.7 Å². The van der Waals surface area contributed by atoms with E-state index in [1.807, 2.05) is 12.2 Å². The molecule has 1 saturated heterocycles. The molecule has 1 aromatic carbocycles. The van der Waals surface area contributed by atoms with Gasteiger partial charge in [-0.3, -0.25) is 19.7 Å². The van der Waals surface area contributed by atoms with Gasteiger partial charge in [-0.05, 0) is 43.2 Å². The second kappa shape index (κ2) is 4.75. The number of carbonyl (C=O) groups is 2. The van der Waals surface area contributed by atoms with Crippen molar-refractivity contribution < 1.29 is 14.5 Å². The van der Waals surface area contributed by atoms with Crippen LogP contribution in [0.4, 0.5) is 11.4 Å². The summed E-state index contributed by atoms with van der Waals surface area (Å²) in [6.07, 6.45) is 5.89. The van der Waals surface area contributed by atoms with Gasteiger partial charge in [-0.1, -0.05) is 18.2 Å². The van der Waals surface area contributed by atoms with Gasteiger partial charge < -0.3 is 0 Å². The van der Waals surface area contributed by atoms with Crippen LogP contribution in [0.1, 0.15) is 18.4 Å². The molecule has 1 heterocycles. The summed E-state index contributed by atoms with van der Waals surface area (Å²) in [6.45, 7) is 1.74. The normalized spacial score (nSPS) is 31.6. The van der Waals surface area contributed by atoms with Crippen LogP contribution in [-0.2, 0) is 9.59 Å². The summed E-state index contributed by atoms with van der Waals surface area (Å²) in [4.78, 5) is 37.6. The second-order valence-electron chi connectivity index (χ2n) is 6.60. The van der Waals surface area contributed by atoms with Crippen LogP contribution in [0.5, 0.6) is 0 Å². The highest BCUT2D eigenvalue weighted by Gasteiger charge is 2.57. The van der Waals surface area contributed by atoms with E-state index in [-0.39, 0.29) is 46.9 Å². The Morgan fingerprint density at radius 1 is 1.09 bits per heavy atom. The molecule has 0 aromatic heterocycles. The monoisotopic (exact) mass is 312 g/mol. The maximum absolute atomic E-state index is 12.8. The van der Waals surface area contributed by atoms with Gasteiger partial charge in [0.25, 0.3) is 5.69 Å². The summed E-state index contributed by atoms with van der Waals surface area (Å²) in [5.74, 6) is -1.12. The minimum absolute atomic E-state index is 0.0796. The fourth-order valence-corrected chi connectivity index (χ4v) is 4.28. The van der Waals surface area contributed by atoms with Gasteiger partial charge in [0.05, 0.1) is 16.8 Å². The number of rotatable bonds is 2. The molecule has 0 unspecified atom stereocenters. The average molecular weight is 312 g/mol. The molecule has 1 aliphatic heterocycles. The Kier molecular flexibility index (Phi) is 2.91. The summed E-state index contributed by atoms with van der Waals surface area (Å²) in [7, 11) is 0. The van der Waals surface area contributed by atoms with E-state index in [4.69, 9.17) is 0 Å². The molecule has 6 heteroatoms. The number of imide groups is 1. The Labute approximate surface area is 132 Å². The van der Waals surface area contributed by atoms with Crippen LogP contribution in [0.2, 0.25) is 0 Å². The maximum atomic E-state index is 12.8. The van der Waals surface area contributed by atoms with Crippen molar-refractivity contribution in [1.29, 1.82) is 0 Å². The Bertz CT molecular complexity index is 738. The predicted octanol–water partition coefficient (Wildman–Crippen LogP) is 2.60. The molecule has 118 valence electrons. The van der Waals surface area contributed by atoms with E-state index in [0.717, 1.165) is 23.3 Å². The summed E-state index contributed by atoms with van der Waals surface area (Å²) >= 11 is 0. The van der Waals surface area contributed by atoms with Gasteiger partial charge in [0, 0.05) is 6.07 Å². The molecule has 1 saturated carbocycles. The highest BCUT2D eigenvalue weighted by molar-refractivity contribution is 6.23. The highest BCUT2D eigenvalue weighted by Crippen LogP contribution is 2.51. The van der Waals surface area contributed by atoms with Gasteiger partial charge in [-0.25, -0.2) is 4.90 Å². The molecule has 5 rings (SSSR count). The number of hydrogen-bond acceptors (Lipinski definition) is 4. The van der Waals surface area contributed by atoms with Crippen LogP contribution in [0.15, 0.2) is 30.4 Å². The van der Waals surface area contributed by atoms with E-state index in [2.05, 4.69) is 0 Å². The van der Waals surface area contributed by atoms with Crippen molar-refractivity contribution in [2.75, 3.05) is 4.90 Å². The molecule has 0 N–H and O–H groups in total. The number of nitrogens with zero attached hydrogens (tertiary/aromatic N) is 2. The van der Waals surface area contributed by atoms with Crippen LogP contribution in [0, 0.1) is 40.7 Å². The Morgan fingerprint density at radius 2 is 1.65 bits per heavy atom. The van der Waals surface area contributed by atoms with Gasteiger partial charge in [0.2, 0.25) is 11.8 Å². The molecule has 4 atom stereocenters. The summed E-state index contributed by atoms with van der Waals surface area (Å²) in [5, 5.41) is 11.3. The largest absolute Gasteiger partial charge is 0.293 e. The first-order valence-corrected chi connectivity index (χ1v) is 7.80. The minimum atomic E-state index is -0.530. The molecule has 6 nitrogen and oxygen atoms in total. The van der Waals surface area contributed by atoms with Crippen molar-refractivity contribution in [3.05, 3.63) is 46.0 Å². The fraction of sp³-hybridized carbons (Fsp3) is 0.412. The zero-order chi connectivity index (χ0) is 16.3. The highest BCUT2D eigenvalue weighted by atomic mass is 16.6. The Balaban J connectivity index is 1.81. The summed E-state index contributed by atoms with van der Waals surface area (Å²) in [5.41, 5.74) is 0.633. The van der Waals surface area contributed by atoms with E-state index in [1.165, 1.54) is 12.1 Å². The molecule has 23 heavy (non-hydrogen) atoms. The lowest BCUT2D eigenvalue weighted by molar-refractivity contribution is -0.384. The predicted molar refractivity (Wildman–Crippen MR) is 82.7 cm³/mol. The van der Waals surface area contributed by atoms with Crippen LogP contribution < -0.4 is 4.90 Å². The van der Waals surface area contributed by atoms with E-state index in [9.17, 15) is 19.7 Å². The second-order valence-corrected chi connectivity index (χ2v) is 6.60. The molecule has 1 aromatic rings. The van der Waals surface area contributed by atoms with E-state index >= 15 is 0 Å². The molecular formula is C17H16N2O4. The Morgan fingerprint density at radius 3 is 2.13 bits per heavy atom. The van der Waals surface area contributed by atoms with Crippen molar-refractivity contribution >= 4 is 23.2 Å². The third-order valence-electron chi connectivity index (χ3n) is 5.33. The smallest absolute Gasteiger partial charge is 0.274 e. The molecule has 2 bridgehead atoms. The van der Waals surface area contributed by atoms with Crippen molar-refractivity contribution in [3.8, 4) is 0 Å². The number of carbonyl (C=O) groups excluding carboxylic acids is 2. The molecule has 0 spiro atoms. The first kappa shape index (κ1) is 14.1. The van der Waals surface area contributed by atoms with Crippen molar-refractivity contribution in [2.24, 2.45) is 23.7 Å². The number of aryl methyl sites for hydroxylation is 1. The Hall–Kier alpha value is -2.50. The zero-order valence-corrected chi connectivity index (χ0v) is 12.6. The molecule has 2 amide bonds. The molecule has 2 fully saturated rings. The molecule has 0 radical (unpaired) electrons. The number of amides is 2. The van der Waals surface area contributed by atoms with Gasteiger partial charge >= 0.3 is 0 Å². The molecule has 4 aliphatic rings. The third kappa shape index (κ3) is 1.87. The molecular weight excluding hydrogens is 296 g/mol. The topological polar surface area (TPSA) is 80.5 Å². The van der Waals surface area contributed by atoms with E-state index in [0.29, 0.717) is 0 Å². The van der Waals surface area contributed by atoms with E-state index in [1.54, 1.807) is 13.0 Å². The molecule has 3 aliphatic carbocycles. The van der Waals surface area contributed by atoms with Crippen molar-refractivity contribution in [3.63, 3.8) is 0 Å². The summed E-state index contributed by atoms with van der Waals surface area (Å²) < 4.78 is 0. The van der Waals surface area contributed by atoms with Crippen LogP contribution in [0.25, 0.3) is 0 Å². The lowest BCUT2D eigenvalue weighted by atomic mass is 9.63. The SMILES string of the molecule is Cc1ccc(N2C(=O)[C@@H]3[C@@H](C2=O)[C@H]2C=C[C@H]3CC2)c([N+](=O)[O-])c1. The number of hydrogen-bond donors (Lipinski definition) is 0. The number of anilines is 1. The van der Waals surface area contributed by atoms with Crippen molar-refractivity contribution in [1.82, 2.24) is 0 Å². The summed E-state index contributed by atoms with van der Waals surface area (Å²) in [6, 6.07) is 4.61. The maximum Gasteiger partial charge on any atom is 0.293 e. The first-order chi connectivity index (χ1) is 11.0. The number of benzene rings is 1. The van der Waals surface area contributed by atoms with E-state index < -0.39 is 4.92 Å². The lowest BCUT2D eigenvalue weighted by Crippen LogP contribution is -2.38. The van der Waals surface area contributed by atoms with Gasteiger partial charge in [-0.15, -0.1) is 0 Å². The van der Waals surface area contributed by atoms with Gasteiger partial charge in [0.1, 0.15) is 5.69 Å². The number of nitro benzene ring substituents is 1. The van der Waals surface area contributed by atoms with Crippen molar-refractivity contribution in [2.45, 2.75) is 19.8 Å². The van der Waals surface area contributed by atoms with Crippen LogP contribution in [0.3, 0.4) is 0 Å². The fourth-order valence-electron chi connectivity index (χ4n) is 4.28. The number of allylic oxidation sites excluding steroid dienone is 2. The number of nitro groups is 1. The van der Waals surface area contributed by atoms with Crippen LogP contribution >= 0.6 is 0 Å². The average Bonchev–Trinajstić information content (AvgIpc) is 2.82. The number of fused-ring (bicyclic) bond motifs is 1. The quantitative estimate of drug-likeness (QED) is 0.364.